The summed E-state index contributed by atoms with van der Waals surface area (Å²) in [7, 11) is 0. The molecule has 0 saturated carbocycles. The van der Waals surface area contributed by atoms with Crippen molar-refractivity contribution in [3.8, 4) is 0 Å². The van der Waals surface area contributed by atoms with Crippen molar-refractivity contribution < 1.29 is 19.4 Å². The van der Waals surface area contributed by atoms with Crippen molar-refractivity contribution in [2.45, 2.75) is 50.4 Å². The molecular formula is C25H31N3O4. The predicted octanol–water partition coefficient (Wildman–Crippen LogP) is 3.01. The van der Waals surface area contributed by atoms with Crippen LogP contribution >= 0.6 is 0 Å². The van der Waals surface area contributed by atoms with Gasteiger partial charge in [-0.25, -0.2) is 4.79 Å². The highest BCUT2D eigenvalue weighted by Gasteiger charge is 2.36. The number of nitrogens with one attached hydrogen (secondary N) is 3. The summed E-state index contributed by atoms with van der Waals surface area (Å²) in [5.41, 5.74) is 3.69. The molecule has 0 bridgehead atoms. The molecule has 2 amide bonds. The maximum atomic E-state index is 13.4. The number of carboxylic acid groups (broad SMARTS) is 1. The smallest absolute Gasteiger partial charge is 0.404 e. The van der Waals surface area contributed by atoms with E-state index in [0.717, 1.165) is 25.7 Å². The molecule has 0 spiro atoms. The Hall–Kier alpha value is -2.90. The average molecular weight is 438 g/mol. The highest BCUT2D eigenvalue weighted by Crippen LogP contribution is 2.29. The van der Waals surface area contributed by atoms with Crippen LogP contribution in [0.3, 0.4) is 0 Å². The fourth-order valence-corrected chi connectivity index (χ4v) is 4.52. The fourth-order valence-electron chi connectivity index (χ4n) is 4.52. The minimum atomic E-state index is -1.05. The number of carbonyl (C=O) groups is 2. The predicted molar refractivity (Wildman–Crippen MR) is 121 cm³/mol. The van der Waals surface area contributed by atoms with E-state index in [0.29, 0.717) is 19.6 Å². The Morgan fingerprint density at radius 1 is 1.09 bits per heavy atom. The lowest BCUT2D eigenvalue weighted by atomic mass is 9.87. The number of fused-ring (bicyclic) bond motifs is 1. The van der Waals surface area contributed by atoms with Crippen molar-refractivity contribution in [1.29, 1.82) is 0 Å². The van der Waals surface area contributed by atoms with Crippen LogP contribution in [0.4, 0.5) is 4.79 Å². The standard InChI is InChI=1S/C25H31N3O4/c29-23(27-21-12-6-10-18-9-4-5-11-20(18)21)22(14-13-17-7-2-1-3-8-17)28-24-19(16-32-24)15-26-25(30)31/h1-5,7-9,11,19,21-22,24,26,28H,6,10,12-16H2,(H,27,29)(H,30,31)/t19?,21-,22?,24?/m1/s1. The summed E-state index contributed by atoms with van der Waals surface area (Å²) in [6.07, 6.45) is 3.03. The first-order valence-electron chi connectivity index (χ1n) is 11.4. The molecule has 1 aliphatic carbocycles. The molecule has 2 aromatic rings. The Balaban J connectivity index is 1.42. The van der Waals surface area contributed by atoms with E-state index in [9.17, 15) is 9.59 Å². The van der Waals surface area contributed by atoms with E-state index in [1.54, 1.807) is 0 Å². The number of benzene rings is 2. The Morgan fingerprint density at radius 2 is 1.88 bits per heavy atom. The lowest BCUT2D eigenvalue weighted by Gasteiger charge is -2.39. The highest BCUT2D eigenvalue weighted by molar-refractivity contribution is 5.82. The summed E-state index contributed by atoms with van der Waals surface area (Å²) in [4.78, 5) is 24.2. The quantitative estimate of drug-likeness (QED) is 0.483. The molecule has 2 aliphatic rings. The Kier molecular flexibility index (Phi) is 7.39. The maximum absolute atomic E-state index is 13.4. The molecule has 1 aliphatic heterocycles. The number of amides is 2. The number of hydrogen-bond acceptors (Lipinski definition) is 4. The van der Waals surface area contributed by atoms with E-state index < -0.39 is 12.1 Å². The van der Waals surface area contributed by atoms with Gasteiger partial charge in [-0.05, 0) is 48.8 Å². The molecule has 3 unspecified atom stereocenters. The van der Waals surface area contributed by atoms with Gasteiger partial charge in [-0.2, -0.15) is 0 Å². The highest BCUT2D eigenvalue weighted by atomic mass is 16.5. The van der Waals surface area contributed by atoms with Crippen LogP contribution in [0.5, 0.6) is 0 Å². The molecule has 0 aromatic heterocycles. The van der Waals surface area contributed by atoms with E-state index in [4.69, 9.17) is 9.84 Å². The van der Waals surface area contributed by atoms with Gasteiger partial charge in [0.25, 0.3) is 0 Å². The van der Waals surface area contributed by atoms with E-state index in [1.165, 1.54) is 16.7 Å². The topological polar surface area (TPSA) is 99.7 Å². The van der Waals surface area contributed by atoms with E-state index in [-0.39, 0.29) is 24.1 Å². The summed E-state index contributed by atoms with van der Waals surface area (Å²) in [6, 6.07) is 18.0. The molecule has 1 fully saturated rings. The molecule has 2 aromatic carbocycles. The normalized spacial score (nSPS) is 22.8. The van der Waals surface area contributed by atoms with Crippen molar-refractivity contribution in [2.75, 3.05) is 13.2 Å². The summed E-state index contributed by atoms with van der Waals surface area (Å²) in [6.45, 7) is 0.775. The largest absolute Gasteiger partial charge is 0.465 e. The van der Waals surface area contributed by atoms with Crippen molar-refractivity contribution in [1.82, 2.24) is 16.0 Å². The van der Waals surface area contributed by atoms with Crippen LogP contribution in [-0.2, 0) is 22.4 Å². The summed E-state index contributed by atoms with van der Waals surface area (Å²) in [5.74, 6) is -0.0309. The van der Waals surface area contributed by atoms with Gasteiger partial charge in [-0.1, -0.05) is 54.6 Å². The second kappa shape index (κ2) is 10.6. The Morgan fingerprint density at radius 3 is 2.62 bits per heavy atom. The van der Waals surface area contributed by atoms with Gasteiger partial charge in [0.1, 0.15) is 6.23 Å². The van der Waals surface area contributed by atoms with Gasteiger partial charge in [0.05, 0.1) is 18.7 Å². The average Bonchev–Trinajstić information content (AvgIpc) is 2.79. The van der Waals surface area contributed by atoms with Crippen molar-refractivity contribution >= 4 is 12.0 Å². The fraction of sp³-hybridized carbons (Fsp3) is 0.440. The Labute approximate surface area is 188 Å². The third kappa shape index (κ3) is 5.66. The van der Waals surface area contributed by atoms with Gasteiger partial charge in [0.15, 0.2) is 0 Å². The van der Waals surface area contributed by atoms with Crippen LogP contribution in [0.25, 0.3) is 0 Å². The zero-order valence-corrected chi connectivity index (χ0v) is 18.1. The van der Waals surface area contributed by atoms with Crippen LogP contribution in [0, 0.1) is 5.92 Å². The number of carbonyl (C=O) groups excluding carboxylic acids is 1. The van der Waals surface area contributed by atoms with Crippen molar-refractivity contribution in [2.24, 2.45) is 5.92 Å². The monoisotopic (exact) mass is 437 g/mol. The van der Waals surface area contributed by atoms with Crippen LogP contribution < -0.4 is 16.0 Å². The van der Waals surface area contributed by atoms with E-state index >= 15 is 0 Å². The SMILES string of the molecule is O=C(O)NCC1COC1NC(CCc1ccccc1)C(=O)N[C@@H]1CCCc2ccccc21. The van der Waals surface area contributed by atoms with Gasteiger partial charge < -0.3 is 20.5 Å². The molecule has 4 atom stereocenters. The molecule has 7 heteroatoms. The second-order valence-corrected chi connectivity index (χ2v) is 8.60. The third-order valence-electron chi connectivity index (χ3n) is 6.37. The van der Waals surface area contributed by atoms with Gasteiger partial charge in [-0.3, -0.25) is 10.1 Å². The minimum absolute atomic E-state index is 0.00790. The van der Waals surface area contributed by atoms with Gasteiger partial charge in [-0.15, -0.1) is 0 Å². The molecule has 7 nitrogen and oxygen atoms in total. The van der Waals surface area contributed by atoms with Crippen LogP contribution in [0.1, 0.15) is 42.0 Å². The van der Waals surface area contributed by atoms with Gasteiger partial charge in [0, 0.05) is 12.5 Å². The third-order valence-corrected chi connectivity index (χ3v) is 6.37. The first-order valence-corrected chi connectivity index (χ1v) is 11.4. The minimum Gasteiger partial charge on any atom is -0.465 e. The first-order chi connectivity index (χ1) is 15.6. The molecule has 0 radical (unpaired) electrons. The molecule has 32 heavy (non-hydrogen) atoms. The molecule has 170 valence electrons. The van der Waals surface area contributed by atoms with Gasteiger partial charge in [0.2, 0.25) is 5.91 Å². The maximum Gasteiger partial charge on any atom is 0.404 e. The number of rotatable bonds is 9. The van der Waals surface area contributed by atoms with Crippen LogP contribution in [-0.4, -0.2) is 42.5 Å². The number of ether oxygens (including phenoxy) is 1. The zero-order valence-electron chi connectivity index (χ0n) is 18.1. The number of aryl methyl sites for hydroxylation is 2. The molecular weight excluding hydrogens is 406 g/mol. The Bertz CT molecular complexity index is 920. The molecule has 4 N–H and O–H groups in total. The van der Waals surface area contributed by atoms with Crippen LogP contribution in [0.2, 0.25) is 0 Å². The molecule has 1 heterocycles. The summed E-state index contributed by atoms with van der Waals surface area (Å²) >= 11 is 0. The summed E-state index contributed by atoms with van der Waals surface area (Å²) < 4.78 is 5.63. The first kappa shape index (κ1) is 22.3. The lowest BCUT2D eigenvalue weighted by molar-refractivity contribution is -0.144. The molecule has 4 rings (SSSR count). The van der Waals surface area contributed by atoms with Gasteiger partial charge >= 0.3 is 6.09 Å². The van der Waals surface area contributed by atoms with E-state index in [1.807, 2.05) is 30.3 Å². The lowest BCUT2D eigenvalue weighted by Crippen LogP contribution is -2.59. The van der Waals surface area contributed by atoms with Crippen LogP contribution in [0.15, 0.2) is 54.6 Å². The van der Waals surface area contributed by atoms with Crippen molar-refractivity contribution in [3.63, 3.8) is 0 Å². The second-order valence-electron chi connectivity index (χ2n) is 8.60. The number of hydrogen-bond donors (Lipinski definition) is 4. The van der Waals surface area contributed by atoms with Crippen molar-refractivity contribution in [3.05, 3.63) is 71.3 Å². The van der Waals surface area contributed by atoms with E-state index in [2.05, 4.69) is 40.2 Å². The molecule has 1 saturated heterocycles. The zero-order chi connectivity index (χ0) is 22.3. The summed E-state index contributed by atoms with van der Waals surface area (Å²) in [5, 5.41) is 17.9.